The fourth-order valence-corrected chi connectivity index (χ4v) is 1.31. The van der Waals surface area contributed by atoms with Crippen LogP contribution in [0, 0.1) is 0 Å². The molecule has 0 saturated carbocycles. The quantitative estimate of drug-likeness (QED) is 0.838. The van der Waals surface area contributed by atoms with Gasteiger partial charge in [-0.05, 0) is 0 Å². The number of amides is 2. The minimum atomic E-state index is -4.53. The molecule has 0 fully saturated rings. The monoisotopic (exact) mass is 278 g/mol. The Labute approximate surface area is 107 Å². The first-order valence-electron chi connectivity index (χ1n) is 5.24. The van der Waals surface area contributed by atoms with Crippen molar-refractivity contribution < 1.29 is 22.8 Å². The van der Waals surface area contributed by atoms with Crippen molar-refractivity contribution in [1.82, 2.24) is 20.0 Å². The topological polar surface area (TPSA) is 67.2 Å². The summed E-state index contributed by atoms with van der Waals surface area (Å²) in [6.07, 6.45) is -4.29. The SMILES string of the molecule is CC(=O)NC(N(C)C(C)=O)n1cc(C(F)(F)F)cn1. The molecule has 1 unspecified atom stereocenters. The van der Waals surface area contributed by atoms with Crippen molar-refractivity contribution in [2.75, 3.05) is 7.05 Å². The lowest BCUT2D eigenvalue weighted by atomic mass is 10.3. The molecule has 0 aromatic carbocycles. The van der Waals surface area contributed by atoms with Gasteiger partial charge in [0.1, 0.15) is 0 Å². The van der Waals surface area contributed by atoms with Gasteiger partial charge in [-0.15, -0.1) is 0 Å². The van der Waals surface area contributed by atoms with E-state index in [1.54, 1.807) is 0 Å². The summed E-state index contributed by atoms with van der Waals surface area (Å²) in [6.45, 7) is 2.41. The van der Waals surface area contributed by atoms with Gasteiger partial charge in [-0.25, -0.2) is 4.68 Å². The second-order valence-electron chi connectivity index (χ2n) is 3.91. The number of nitrogens with zero attached hydrogens (tertiary/aromatic N) is 3. The molecule has 0 aliphatic rings. The van der Waals surface area contributed by atoms with Crippen LogP contribution in [0.25, 0.3) is 0 Å². The zero-order valence-electron chi connectivity index (χ0n) is 10.5. The molecule has 1 aromatic heterocycles. The van der Waals surface area contributed by atoms with Gasteiger partial charge in [0, 0.05) is 27.1 Å². The van der Waals surface area contributed by atoms with Crippen LogP contribution in [0.1, 0.15) is 25.7 Å². The van der Waals surface area contributed by atoms with Crippen molar-refractivity contribution >= 4 is 11.8 Å². The molecule has 1 atom stereocenters. The van der Waals surface area contributed by atoms with Crippen LogP contribution in [-0.2, 0) is 15.8 Å². The first-order valence-corrected chi connectivity index (χ1v) is 5.24. The van der Waals surface area contributed by atoms with Gasteiger partial charge in [0.15, 0.2) is 0 Å². The van der Waals surface area contributed by atoms with Gasteiger partial charge in [-0.2, -0.15) is 18.3 Å². The van der Waals surface area contributed by atoms with Crippen LogP contribution in [0.15, 0.2) is 12.4 Å². The van der Waals surface area contributed by atoms with Crippen molar-refractivity contribution in [1.29, 1.82) is 0 Å². The van der Waals surface area contributed by atoms with E-state index in [1.165, 1.54) is 20.9 Å². The number of rotatable bonds is 3. The van der Waals surface area contributed by atoms with E-state index < -0.39 is 29.8 Å². The summed E-state index contributed by atoms with van der Waals surface area (Å²) in [5.74, 6) is -0.926. The lowest BCUT2D eigenvalue weighted by molar-refractivity contribution is -0.137. The van der Waals surface area contributed by atoms with E-state index in [0.717, 1.165) is 15.8 Å². The molecule has 0 aliphatic heterocycles. The van der Waals surface area contributed by atoms with E-state index in [-0.39, 0.29) is 0 Å². The lowest BCUT2D eigenvalue weighted by Gasteiger charge is -2.27. The normalized spacial score (nSPS) is 12.9. The van der Waals surface area contributed by atoms with Gasteiger partial charge in [-0.1, -0.05) is 0 Å². The molecule has 0 saturated heterocycles. The first-order chi connectivity index (χ1) is 8.62. The molecular formula is C10H13F3N4O2. The van der Waals surface area contributed by atoms with Crippen LogP contribution in [0.4, 0.5) is 13.2 Å². The number of carbonyl (C=O) groups is 2. The summed E-state index contributed by atoms with van der Waals surface area (Å²) < 4.78 is 38.3. The van der Waals surface area contributed by atoms with Crippen LogP contribution in [0.3, 0.4) is 0 Å². The van der Waals surface area contributed by atoms with E-state index >= 15 is 0 Å². The molecule has 0 aliphatic carbocycles. The minimum absolute atomic E-state index is 0.428. The highest BCUT2D eigenvalue weighted by molar-refractivity contribution is 5.75. The maximum absolute atomic E-state index is 12.5. The fraction of sp³-hybridized carbons (Fsp3) is 0.500. The molecule has 9 heteroatoms. The van der Waals surface area contributed by atoms with E-state index in [1.807, 2.05) is 0 Å². The predicted octanol–water partition coefficient (Wildman–Crippen LogP) is 0.972. The average molecular weight is 278 g/mol. The molecule has 1 N–H and O–H groups in total. The number of nitrogens with one attached hydrogen (secondary N) is 1. The molecule has 1 heterocycles. The highest BCUT2D eigenvalue weighted by Gasteiger charge is 2.33. The second-order valence-corrected chi connectivity index (χ2v) is 3.91. The van der Waals surface area contributed by atoms with Crippen molar-refractivity contribution in [2.24, 2.45) is 0 Å². The van der Waals surface area contributed by atoms with Crippen LogP contribution in [-0.4, -0.2) is 33.5 Å². The summed E-state index contributed by atoms with van der Waals surface area (Å²) in [6, 6.07) is 0. The largest absolute Gasteiger partial charge is 0.419 e. The zero-order valence-corrected chi connectivity index (χ0v) is 10.5. The standard InChI is InChI=1S/C10H13F3N4O2/c1-6(18)15-9(16(3)7(2)19)17-5-8(4-14-17)10(11,12)13/h4-5,9H,1-3H3,(H,15,18). The van der Waals surface area contributed by atoms with Crippen LogP contribution in [0.2, 0.25) is 0 Å². The summed E-state index contributed by atoms with van der Waals surface area (Å²) >= 11 is 0. The Morgan fingerprint density at radius 2 is 2.00 bits per heavy atom. The van der Waals surface area contributed by atoms with E-state index in [4.69, 9.17) is 0 Å². The summed E-state index contributed by atoms with van der Waals surface area (Å²) in [7, 11) is 1.35. The van der Waals surface area contributed by atoms with Gasteiger partial charge in [0.25, 0.3) is 0 Å². The number of halogens is 3. The van der Waals surface area contributed by atoms with E-state index in [9.17, 15) is 22.8 Å². The fourth-order valence-electron chi connectivity index (χ4n) is 1.31. The van der Waals surface area contributed by atoms with Gasteiger partial charge < -0.3 is 10.2 Å². The van der Waals surface area contributed by atoms with Crippen molar-refractivity contribution in [2.45, 2.75) is 26.3 Å². The van der Waals surface area contributed by atoms with Crippen LogP contribution >= 0.6 is 0 Å². The van der Waals surface area contributed by atoms with Crippen LogP contribution < -0.4 is 5.32 Å². The second kappa shape index (κ2) is 5.29. The molecule has 19 heavy (non-hydrogen) atoms. The lowest BCUT2D eigenvalue weighted by Crippen LogP contribution is -2.44. The third kappa shape index (κ3) is 3.70. The Kier molecular flexibility index (Phi) is 4.17. The first kappa shape index (κ1) is 15.0. The molecule has 106 valence electrons. The number of hydrogen-bond donors (Lipinski definition) is 1. The Morgan fingerprint density at radius 1 is 1.42 bits per heavy atom. The van der Waals surface area contributed by atoms with Crippen molar-refractivity contribution in [3.8, 4) is 0 Å². The molecule has 0 bridgehead atoms. The van der Waals surface area contributed by atoms with Crippen molar-refractivity contribution in [3.05, 3.63) is 18.0 Å². The number of alkyl halides is 3. The summed E-state index contributed by atoms with van der Waals surface area (Å²) in [5, 5.41) is 5.87. The highest BCUT2D eigenvalue weighted by atomic mass is 19.4. The van der Waals surface area contributed by atoms with Crippen LogP contribution in [0.5, 0.6) is 0 Å². The third-order valence-corrected chi connectivity index (χ3v) is 2.38. The predicted molar refractivity (Wildman–Crippen MR) is 58.5 cm³/mol. The maximum atomic E-state index is 12.5. The van der Waals surface area contributed by atoms with E-state index in [0.29, 0.717) is 6.20 Å². The Morgan fingerprint density at radius 3 is 2.37 bits per heavy atom. The summed E-state index contributed by atoms with van der Waals surface area (Å²) in [5.41, 5.74) is -0.959. The molecule has 0 radical (unpaired) electrons. The van der Waals surface area contributed by atoms with E-state index in [2.05, 4.69) is 10.4 Å². The average Bonchev–Trinajstić information content (AvgIpc) is 2.73. The number of hydrogen-bond acceptors (Lipinski definition) is 3. The zero-order chi connectivity index (χ0) is 14.8. The van der Waals surface area contributed by atoms with Crippen molar-refractivity contribution in [3.63, 3.8) is 0 Å². The summed E-state index contributed by atoms with van der Waals surface area (Å²) in [4.78, 5) is 23.4. The maximum Gasteiger partial charge on any atom is 0.419 e. The molecule has 6 nitrogen and oxygen atoms in total. The highest BCUT2D eigenvalue weighted by Crippen LogP contribution is 2.29. The van der Waals surface area contributed by atoms with Gasteiger partial charge in [0.05, 0.1) is 11.8 Å². The molecule has 0 spiro atoms. The number of aromatic nitrogens is 2. The minimum Gasteiger partial charge on any atom is -0.317 e. The molecule has 1 aromatic rings. The third-order valence-electron chi connectivity index (χ3n) is 2.38. The Balaban J connectivity index is 3.07. The van der Waals surface area contributed by atoms with Gasteiger partial charge in [0.2, 0.25) is 18.1 Å². The molecular weight excluding hydrogens is 265 g/mol. The Hall–Kier alpha value is -2.06. The molecule has 2 amide bonds. The molecule has 1 rings (SSSR count). The number of carbonyl (C=O) groups excluding carboxylic acids is 2. The smallest absolute Gasteiger partial charge is 0.317 e. The van der Waals surface area contributed by atoms with Gasteiger partial charge >= 0.3 is 6.18 Å². The Bertz CT molecular complexity index is 483. The van der Waals surface area contributed by atoms with Gasteiger partial charge in [-0.3, -0.25) is 9.59 Å².